The number of ether oxygens (including phenoxy) is 2. The Bertz CT molecular complexity index is 1370. The minimum absolute atomic E-state index is 0.0150. The van der Waals surface area contributed by atoms with Crippen molar-refractivity contribution in [3.05, 3.63) is 91.0 Å². The molecule has 0 bridgehead atoms. The number of unbranched alkanes of at least 4 members (excludes halogenated alkanes) is 1. The molecule has 0 saturated heterocycles. The van der Waals surface area contributed by atoms with Gasteiger partial charge in [-0.1, -0.05) is 0 Å². The summed E-state index contributed by atoms with van der Waals surface area (Å²) in [7, 11) is -0.0153. The number of hydrogen-bond acceptors (Lipinski definition) is 8. The maximum absolute atomic E-state index is 13.0. The quantitative estimate of drug-likeness (QED) is 0.0698. The third-order valence-electron chi connectivity index (χ3n) is 7.96. The van der Waals surface area contributed by atoms with E-state index in [1.807, 2.05) is 18.2 Å². The Labute approximate surface area is 282 Å². The van der Waals surface area contributed by atoms with Crippen LogP contribution in [-0.4, -0.2) is 74.4 Å². The van der Waals surface area contributed by atoms with E-state index in [2.05, 4.69) is 106 Å². The number of thiol groups is 1. The van der Waals surface area contributed by atoms with Crippen molar-refractivity contribution in [3.8, 4) is 0 Å². The summed E-state index contributed by atoms with van der Waals surface area (Å²) in [4.78, 5) is 61.6. The van der Waals surface area contributed by atoms with Crippen LogP contribution in [0.2, 0.25) is 0 Å². The molecule has 3 aromatic carbocycles. The van der Waals surface area contributed by atoms with E-state index in [9.17, 15) is 24.0 Å². The van der Waals surface area contributed by atoms with E-state index in [1.54, 1.807) is 0 Å². The second-order valence-electron chi connectivity index (χ2n) is 11.0. The molecule has 3 aromatic rings. The average Bonchev–Trinajstić information content (AvgIpc) is 3.12. The molecule has 3 N–H and O–H groups in total. The number of esters is 2. The molecule has 252 valence electrons. The van der Waals surface area contributed by atoms with E-state index >= 15 is 0 Å². The molecular weight excluding hydrogens is 637 g/mol. The molecule has 2 atom stereocenters. The molecule has 3 rings (SSSR count). The van der Waals surface area contributed by atoms with Gasteiger partial charge in [0.15, 0.2) is 0 Å². The topological polar surface area (TPSA) is 140 Å². The van der Waals surface area contributed by atoms with E-state index in [4.69, 9.17) is 4.74 Å². The zero-order valence-corrected chi connectivity index (χ0v) is 28.7. The van der Waals surface area contributed by atoms with Gasteiger partial charge in [-0.3, -0.25) is 9.59 Å². The first-order chi connectivity index (χ1) is 22.7. The number of carbonyl (C=O) groups excluding carboxylic acids is 5. The first-order valence-corrected chi connectivity index (χ1v) is 18.4. The van der Waals surface area contributed by atoms with Crippen molar-refractivity contribution in [2.45, 2.75) is 44.2 Å². The van der Waals surface area contributed by atoms with Crippen molar-refractivity contribution in [1.29, 1.82) is 0 Å². The van der Waals surface area contributed by atoms with E-state index in [0.717, 1.165) is 12.6 Å². The Balaban J connectivity index is 1.61. The van der Waals surface area contributed by atoms with Crippen LogP contribution in [0.25, 0.3) is 0 Å². The second-order valence-corrected chi connectivity index (χ2v) is 15.4. The molecule has 0 radical (unpaired) electrons. The number of rotatable bonds is 18. The molecular formula is C35H44N3O7PS. The fraction of sp³-hybridized carbons (Fsp3) is 0.343. The van der Waals surface area contributed by atoms with Gasteiger partial charge in [0.05, 0.1) is 7.11 Å². The van der Waals surface area contributed by atoms with Crippen LogP contribution in [0.1, 0.15) is 32.1 Å². The van der Waals surface area contributed by atoms with Crippen LogP contribution in [-0.2, 0) is 33.4 Å². The number of benzene rings is 3. The standard InChI is InChI=1S/C35H44N3O7PS/c1-44-33(41)24-36-34(42)30(25-47)38-32(40)22-21-29(35(43)45-2)37-31(39)20-12-13-23-46(26-14-6-3-7-15-26,27-16-8-4-9-17-27)28-18-10-5-11-19-28/h3-11,14-19,29-30,46-47H,12-13,20-25H2,1-2H3,(H,36,42)(H,37,39)(H,38,40). The molecule has 47 heavy (non-hydrogen) atoms. The number of methoxy groups -OCH3 is 2. The van der Waals surface area contributed by atoms with E-state index < -0.39 is 43.1 Å². The molecule has 2 unspecified atom stereocenters. The summed E-state index contributed by atoms with van der Waals surface area (Å²) in [6, 6.07) is 29.6. The summed E-state index contributed by atoms with van der Waals surface area (Å²) in [5, 5.41) is 11.5. The van der Waals surface area contributed by atoms with Gasteiger partial charge in [-0.15, -0.1) is 0 Å². The van der Waals surface area contributed by atoms with Gasteiger partial charge in [0.25, 0.3) is 0 Å². The van der Waals surface area contributed by atoms with Gasteiger partial charge < -0.3 is 10.1 Å². The van der Waals surface area contributed by atoms with Crippen LogP contribution in [0.15, 0.2) is 91.0 Å². The van der Waals surface area contributed by atoms with Crippen molar-refractivity contribution < 1.29 is 33.4 Å². The zero-order valence-electron chi connectivity index (χ0n) is 26.8. The van der Waals surface area contributed by atoms with Crippen LogP contribution in [0.3, 0.4) is 0 Å². The average molecular weight is 682 g/mol. The molecule has 0 spiro atoms. The SMILES string of the molecule is COC(=O)CNC(=O)C(CS)NC(=O)CCC(NC(=O)CCCC[PH](c1ccccc1)(c1ccccc1)c1ccccc1)C(=O)OC. The van der Waals surface area contributed by atoms with Gasteiger partial charge in [-0.05, 0) is 0 Å². The van der Waals surface area contributed by atoms with Crippen LogP contribution >= 0.6 is 19.9 Å². The summed E-state index contributed by atoms with van der Waals surface area (Å²) in [5.41, 5.74) is 0. The van der Waals surface area contributed by atoms with Gasteiger partial charge in [0, 0.05) is 5.75 Å². The Kier molecular flexibility index (Phi) is 15.4. The first-order valence-electron chi connectivity index (χ1n) is 15.5. The molecule has 0 fully saturated rings. The van der Waals surface area contributed by atoms with Crippen LogP contribution in [0.5, 0.6) is 0 Å². The third-order valence-corrected chi connectivity index (χ3v) is 13.4. The van der Waals surface area contributed by atoms with Crippen molar-refractivity contribution in [2.75, 3.05) is 32.7 Å². The van der Waals surface area contributed by atoms with Gasteiger partial charge >= 0.3 is 225 Å². The second kappa shape index (κ2) is 19.5. The fourth-order valence-corrected chi connectivity index (χ4v) is 10.7. The molecule has 10 nitrogen and oxygen atoms in total. The molecule has 0 saturated carbocycles. The summed E-state index contributed by atoms with van der Waals surface area (Å²) >= 11 is 4.10. The first kappa shape index (κ1) is 37.2. The minimum atomic E-state index is -2.42. The number of carbonyl (C=O) groups is 5. The van der Waals surface area contributed by atoms with Gasteiger partial charge in [0.1, 0.15) is 6.54 Å². The Hall–Kier alpha value is -4.21. The zero-order chi connectivity index (χ0) is 34.1. The van der Waals surface area contributed by atoms with Gasteiger partial charge in [-0.2, -0.15) is 12.6 Å². The predicted octanol–water partition coefficient (Wildman–Crippen LogP) is 2.02. The summed E-state index contributed by atoms with van der Waals surface area (Å²) < 4.78 is 9.36. The summed E-state index contributed by atoms with van der Waals surface area (Å²) in [6.45, 7) is -0.347. The van der Waals surface area contributed by atoms with E-state index in [-0.39, 0.29) is 37.5 Å². The van der Waals surface area contributed by atoms with Gasteiger partial charge in [0.2, 0.25) is 5.91 Å². The molecule has 0 aliphatic rings. The number of hydrogen-bond donors (Lipinski definition) is 4. The predicted molar refractivity (Wildman–Crippen MR) is 189 cm³/mol. The Morgan fingerprint density at radius 3 is 1.64 bits per heavy atom. The summed E-state index contributed by atoms with van der Waals surface area (Å²) in [6.07, 6.45) is 2.29. The van der Waals surface area contributed by atoms with Crippen molar-refractivity contribution in [3.63, 3.8) is 0 Å². The van der Waals surface area contributed by atoms with E-state index in [1.165, 1.54) is 30.1 Å². The fourth-order valence-electron chi connectivity index (χ4n) is 5.53. The molecule has 0 aliphatic carbocycles. The van der Waals surface area contributed by atoms with Crippen molar-refractivity contribution in [2.24, 2.45) is 0 Å². The van der Waals surface area contributed by atoms with Crippen LogP contribution < -0.4 is 31.9 Å². The third kappa shape index (κ3) is 10.9. The Morgan fingerprint density at radius 2 is 1.17 bits per heavy atom. The molecule has 0 heterocycles. The molecule has 0 aromatic heterocycles. The summed E-state index contributed by atoms with van der Waals surface area (Å²) in [5.74, 6) is -2.76. The molecule has 3 amide bonds. The maximum atomic E-state index is 13.0. The van der Waals surface area contributed by atoms with Crippen LogP contribution in [0, 0.1) is 0 Å². The van der Waals surface area contributed by atoms with Crippen LogP contribution in [0.4, 0.5) is 0 Å². The molecule has 0 aliphatic heterocycles. The number of amides is 3. The number of nitrogens with one attached hydrogen (secondary N) is 3. The molecule has 12 heteroatoms. The monoisotopic (exact) mass is 681 g/mol. The van der Waals surface area contributed by atoms with Gasteiger partial charge in [-0.25, -0.2) is 0 Å². The van der Waals surface area contributed by atoms with Crippen molar-refractivity contribution in [1.82, 2.24) is 16.0 Å². The Morgan fingerprint density at radius 1 is 0.681 bits per heavy atom. The van der Waals surface area contributed by atoms with E-state index in [0.29, 0.717) is 6.42 Å². The normalized spacial score (nSPS) is 12.6. The van der Waals surface area contributed by atoms with Crippen molar-refractivity contribution >= 4 is 65.5 Å².